The number of methoxy groups -OCH3 is 2. The van der Waals surface area contributed by atoms with Crippen molar-refractivity contribution in [3.8, 4) is 11.5 Å². The van der Waals surface area contributed by atoms with E-state index >= 15 is 0 Å². The molecule has 0 spiro atoms. The van der Waals surface area contributed by atoms with Crippen LogP contribution in [0.3, 0.4) is 0 Å². The smallest absolute Gasteiger partial charge is 0.127 e. The van der Waals surface area contributed by atoms with Crippen LogP contribution in [-0.2, 0) is 0 Å². The van der Waals surface area contributed by atoms with Crippen LogP contribution in [0.15, 0.2) is 18.2 Å². The molecule has 3 nitrogen and oxygen atoms in total. The van der Waals surface area contributed by atoms with Gasteiger partial charge in [0.1, 0.15) is 11.5 Å². The van der Waals surface area contributed by atoms with Crippen LogP contribution in [0.2, 0.25) is 0 Å². The average Bonchev–Trinajstić information content (AvgIpc) is 3.03. The van der Waals surface area contributed by atoms with Gasteiger partial charge in [0.05, 0.1) is 19.8 Å². The summed E-state index contributed by atoms with van der Waals surface area (Å²) in [6.45, 7) is 0. The fourth-order valence-electron chi connectivity index (χ4n) is 3.50. The third kappa shape index (κ3) is 1.87. The van der Waals surface area contributed by atoms with Gasteiger partial charge in [0.15, 0.2) is 0 Å². The summed E-state index contributed by atoms with van der Waals surface area (Å²) >= 11 is 0. The lowest BCUT2D eigenvalue weighted by Gasteiger charge is -2.24. The molecule has 0 heterocycles. The zero-order valence-electron chi connectivity index (χ0n) is 11.1. The van der Waals surface area contributed by atoms with Gasteiger partial charge in [-0.2, -0.15) is 0 Å². The van der Waals surface area contributed by atoms with E-state index in [-0.39, 0.29) is 6.04 Å². The molecule has 3 heteroatoms. The van der Waals surface area contributed by atoms with E-state index in [1.54, 1.807) is 14.2 Å². The predicted molar refractivity (Wildman–Crippen MR) is 70.8 cm³/mol. The van der Waals surface area contributed by atoms with E-state index in [1.807, 2.05) is 18.2 Å². The van der Waals surface area contributed by atoms with Crippen molar-refractivity contribution < 1.29 is 9.47 Å². The minimum absolute atomic E-state index is 0.0314. The van der Waals surface area contributed by atoms with Crippen molar-refractivity contribution in [2.75, 3.05) is 14.2 Å². The quantitative estimate of drug-likeness (QED) is 0.889. The number of rotatable bonds is 4. The zero-order chi connectivity index (χ0) is 12.7. The van der Waals surface area contributed by atoms with Crippen molar-refractivity contribution in [1.82, 2.24) is 0 Å². The van der Waals surface area contributed by atoms with Crippen LogP contribution in [0, 0.1) is 17.8 Å². The molecule has 0 bridgehead atoms. The Morgan fingerprint density at radius 3 is 2.11 bits per heavy atom. The SMILES string of the molecule is COc1cccc(OC)c1C(N)C1CC2CC2C1. The maximum absolute atomic E-state index is 6.48. The third-order valence-electron chi connectivity index (χ3n) is 4.59. The first-order chi connectivity index (χ1) is 8.74. The molecule has 0 amide bonds. The van der Waals surface area contributed by atoms with Crippen LogP contribution in [-0.4, -0.2) is 14.2 Å². The van der Waals surface area contributed by atoms with Crippen LogP contribution >= 0.6 is 0 Å². The Morgan fingerprint density at radius 2 is 1.61 bits per heavy atom. The van der Waals surface area contributed by atoms with Crippen LogP contribution in [0.5, 0.6) is 11.5 Å². The van der Waals surface area contributed by atoms with E-state index in [1.165, 1.54) is 19.3 Å². The Bertz CT molecular complexity index is 414. The molecule has 2 fully saturated rings. The molecular weight excluding hydrogens is 226 g/mol. The number of hydrogen-bond donors (Lipinski definition) is 1. The summed E-state index contributed by atoms with van der Waals surface area (Å²) in [4.78, 5) is 0. The number of ether oxygens (including phenoxy) is 2. The summed E-state index contributed by atoms with van der Waals surface area (Å²) in [6.07, 6.45) is 3.96. The second-order valence-electron chi connectivity index (χ2n) is 5.59. The van der Waals surface area contributed by atoms with Crippen molar-refractivity contribution in [2.24, 2.45) is 23.5 Å². The molecule has 0 aromatic heterocycles. The highest BCUT2D eigenvalue weighted by atomic mass is 16.5. The van der Waals surface area contributed by atoms with Gasteiger partial charge in [-0.1, -0.05) is 6.07 Å². The van der Waals surface area contributed by atoms with Crippen LogP contribution < -0.4 is 15.2 Å². The van der Waals surface area contributed by atoms with Crippen molar-refractivity contribution in [3.05, 3.63) is 23.8 Å². The van der Waals surface area contributed by atoms with Crippen LogP contribution in [0.1, 0.15) is 30.9 Å². The monoisotopic (exact) mass is 247 g/mol. The van der Waals surface area contributed by atoms with Gasteiger partial charge in [-0.3, -0.25) is 0 Å². The van der Waals surface area contributed by atoms with Gasteiger partial charge in [0.25, 0.3) is 0 Å². The molecule has 0 radical (unpaired) electrons. The number of fused-ring (bicyclic) bond motifs is 1. The first-order valence-electron chi connectivity index (χ1n) is 6.71. The fourth-order valence-corrected chi connectivity index (χ4v) is 3.50. The highest BCUT2D eigenvalue weighted by Crippen LogP contribution is 2.57. The van der Waals surface area contributed by atoms with E-state index in [0.29, 0.717) is 5.92 Å². The van der Waals surface area contributed by atoms with E-state index in [4.69, 9.17) is 15.2 Å². The van der Waals surface area contributed by atoms with Crippen molar-refractivity contribution >= 4 is 0 Å². The summed E-state index contributed by atoms with van der Waals surface area (Å²) in [6, 6.07) is 5.91. The van der Waals surface area contributed by atoms with Gasteiger partial charge < -0.3 is 15.2 Å². The molecule has 2 aliphatic carbocycles. The second-order valence-corrected chi connectivity index (χ2v) is 5.59. The Balaban J connectivity index is 1.89. The molecule has 2 aliphatic rings. The summed E-state index contributed by atoms with van der Waals surface area (Å²) in [5.74, 6) is 4.17. The van der Waals surface area contributed by atoms with Crippen LogP contribution in [0.4, 0.5) is 0 Å². The largest absolute Gasteiger partial charge is 0.496 e. The standard InChI is InChI=1S/C15H21NO2/c1-17-12-4-3-5-13(18-2)14(12)15(16)11-7-9-6-10(9)8-11/h3-5,9-11,15H,6-8,16H2,1-2H3. The van der Waals surface area contributed by atoms with Gasteiger partial charge in [-0.05, 0) is 49.1 Å². The van der Waals surface area contributed by atoms with E-state index in [2.05, 4.69) is 0 Å². The lowest BCUT2D eigenvalue weighted by molar-refractivity contribution is 0.347. The van der Waals surface area contributed by atoms with Gasteiger partial charge in [-0.15, -0.1) is 0 Å². The zero-order valence-corrected chi connectivity index (χ0v) is 11.1. The Hall–Kier alpha value is -1.22. The number of nitrogens with two attached hydrogens (primary N) is 1. The van der Waals surface area contributed by atoms with Crippen molar-refractivity contribution in [1.29, 1.82) is 0 Å². The maximum Gasteiger partial charge on any atom is 0.127 e. The molecule has 2 N–H and O–H groups in total. The van der Waals surface area contributed by atoms with Gasteiger partial charge in [0, 0.05) is 6.04 Å². The molecule has 0 aliphatic heterocycles. The van der Waals surface area contributed by atoms with Crippen LogP contribution in [0.25, 0.3) is 0 Å². The first-order valence-corrected chi connectivity index (χ1v) is 6.71. The molecule has 3 atom stereocenters. The van der Waals surface area contributed by atoms with E-state index < -0.39 is 0 Å². The Labute approximate surface area is 108 Å². The van der Waals surface area contributed by atoms with Gasteiger partial charge >= 0.3 is 0 Å². The Kier molecular flexibility index (Phi) is 2.94. The topological polar surface area (TPSA) is 44.5 Å². The Morgan fingerprint density at radius 1 is 1.06 bits per heavy atom. The molecule has 3 rings (SSSR count). The lowest BCUT2D eigenvalue weighted by Crippen LogP contribution is -2.21. The molecule has 98 valence electrons. The number of benzene rings is 1. The summed E-state index contributed by atoms with van der Waals surface area (Å²) in [5.41, 5.74) is 7.51. The van der Waals surface area contributed by atoms with Gasteiger partial charge in [-0.25, -0.2) is 0 Å². The minimum atomic E-state index is 0.0314. The maximum atomic E-state index is 6.48. The predicted octanol–water partition coefficient (Wildman–Crippen LogP) is 2.75. The minimum Gasteiger partial charge on any atom is -0.496 e. The molecular formula is C15H21NO2. The average molecular weight is 247 g/mol. The van der Waals surface area contributed by atoms with E-state index in [0.717, 1.165) is 28.9 Å². The second kappa shape index (κ2) is 4.47. The normalized spacial score (nSPS) is 30.7. The molecule has 0 saturated heterocycles. The third-order valence-corrected chi connectivity index (χ3v) is 4.59. The first kappa shape index (κ1) is 11.8. The summed E-state index contributed by atoms with van der Waals surface area (Å²) < 4.78 is 10.9. The molecule has 3 unspecified atom stereocenters. The summed E-state index contributed by atoms with van der Waals surface area (Å²) in [7, 11) is 3.38. The van der Waals surface area contributed by atoms with Crippen molar-refractivity contribution in [3.63, 3.8) is 0 Å². The molecule has 2 saturated carbocycles. The van der Waals surface area contributed by atoms with Gasteiger partial charge in [0.2, 0.25) is 0 Å². The highest BCUT2D eigenvalue weighted by Gasteiger charge is 2.48. The summed E-state index contributed by atoms with van der Waals surface area (Å²) in [5, 5.41) is 0. The lowest BCUT2D eigenvalue weighted by atomic mass is 9.89. The fraction of sp³-hybridized carbons (Fsp3) is 0.600. The van der Waals surface area contributed by atoms with Crippen molar-refractivity contribution in [2.45, 2.75) is 25.3 Å². The highest BCUT2D eigenvalue weighted by molar-refractivity contribution is 5.47. The molecule has 1 aromatic rings. The molecule has 18 heavy (non-hydrogen) atoms. The number of hydrogen-bond acceptors (Lipinski definition) is 3. The van der Waals surface area contributed by atoms with E-state index in [9.17, 15) is 0 Å². The molecule has 1 aromatic carbocycles.